The SMILES string of the molecule is CC(=O)c1ccc2c(c1)C([Si](C)(C)C)c1ccccc1O2. The molecule has 0 aliphatic carbocycles. The number of hydrogen-bond donors (Lipinski definition) is 0. The van der Waals surface area contributed by atoms with Crippen LogP contribution in [0, 0.1) is 0 Å². The molecule has 3 rings (SSSR count). The van der Waals surface area contributed by atoms with E-state index >= 15 is 0 Å². The average Bonchev–Trinajstić information content (AvgIpc) is 2.42. The first-order chi connectivity index (χ1) is 9.88. The summed E-state index contributed by atoms with van der Waals surface area (Å²) < 4.78 is 6.05. The van der Waals surface area contributed by atoms with Gasteiger partial charge in [-0.1, -0.05) is 37.8 Å². The Bertz CT molecular complexity index is 713. The highest BCUT2D eigenvalue weighted by Gasteiger charge is 2.37. The highest BCUT2D eigenvalue weighted by atomic mass is 28.3. The standard InChI is InChI=1S/C18H20O2Si/c1-12(19)13-9-10-17-15(11-13)18(21(2,3)4)14-7-5-6-8-16(14)20-17/h5-11,18H,1-4H3. The minimum absolute atomic E-state index is 0.103. The topological polar surface area (TPSA) is 26.3 Å². The summed E-state index contributed by atoms with van der Waals surface area (Å²) in [5.74, 6) is 1.95. The molecule has 1 atom stereocenters. The van der Waals surface area contributed by atoms with Gasteiger partial charge in [-0.2, -0.15) is 0 Å². The summed E-state index contributed by atoms with van der Waals surface area (Å²) in [5.41, 5.74) is 3.54. The van der Waals surface area contributed by atoms with E-state index in [4.69, 9.17) is 4.74 Å². The molecule has 2 aromatic carbocycles. The molecule has 3 heteroatoms. The van der Waals surface area contributed by atoms with Crippen molar-refractivity contribution in [2.75, 3.05) is 0 Å². The van der Waals surface area contributed by atoms with E-state index in [1.54, 1.807) is 6.92 Å². The number of ketones is 1. The molecule has 0 amide bonds. The molecule has 1 aliphatic heterocycles. The maximum atomic E-state index is 11.7. The normalized spacial score (nSPS) is 16.7. The van der Waals surface area contributed by atoms with Crippen LogP contribution < -0.4 is 4.74 Å². The maximum Gasteiger partial charge on any atom is 0.159 e. The largest absolute Gasteiger partial charge is 0.457 e. The van der Waals surface area contributed by atoms with Crippen molar-refractivity contribution >= 4 is 13.9 Å². The van der Waals surface area contributed by atoms with Crippen molar-refractivity contribution in [2.24, 2.45) is 0 Å². The van der Waals surface area contributed by atoms with Crippen LogP contribution in [0.2, 0.25) is 19.6 Å². The summed E-state index contributed by atoms with van der Waals surface area (Å²) in [4.78, 5) is 11.7. The summed E-state index contributed by atoms with van der Waals surface area (Å²) in [7, 11) is -1.51. The van der Waals surface area contributed by atoms with Gasteiger partial charge in [-0.15, -0.1) is 0 Å². The molecule has 1 heterocycles. The lowest BCUT2D eigenvalue weighted by atomic mass is 9.97. The van der Waals surface area contributed by atoms with E-state index < -0.39 is 8.07 Å². The van der Waals surface area contributed by atoms with Crippen molar-refractivity contribution in [3.63, 3.8) is 0 Å². The molecule has 0 spiro atoms. The second-order valence-electron chi connectivity index (χ2n) is 6.75. The molecule has 21 heavy (non-hydrogen) atoms. The Morgan fingerprint density at radius 3 is 2.33 bits per heavy atom. The van der Waals surface area contributed by atoms with Crippen molar-refractivity contribution in [3.05, 3.63) is 59.2 Å². The van der Waals surface area contributed by atoms with E-state index in [-0.39, 0.29) is 5.78 Å². The van der Waals surface area contributed by atoms with Crippen molar-refractivity contribution in [1.29, 1.82) is 0 Å². The Balaban J connectivity index is 2.23. The molecule has 0 fully saturated rings. The number of hydrogen-bond acceptors (Lipinski definition) is 2. The van der Waals surface area contributed by atoms with Gasteiger partial charge in [0, 0.05) is 16.7 Å². The lowest BCUT2D eigenvalue weighted by molar-refractivity contribution is 0.101. The maximum absolute atomic E-state index is 11.7. The van der Waals surface area contributed by atoms with Crippen LogP contribution in [-0.4, -0.2) is 13.9 Å². The second-order valence-corrected chi connectivity index (χ2v) is 12.1. The molecule has 0 bridgehead atoms. The summed E-state index contributed by atoms with van der Waals surface area (Å²) in [6.45, 7) is 8.71. The zero-order valence-corrected chi connectivity index (χ0v) is 13.9. The van der Waals surface area contributed by atoms with Crippen molar-refractivity contribution in [1.82, 2.24) is 0 Å². The summed E-state index contributed by atoms with van der Waals surface area (Å²) in [6.07, 6.45) is 0. The van der Waals surface area contributed by atoms with Gasteiger partial charge in [-0.3, -0.25) is 4.79 Å². The van der Waals surface area contributed by atoms with E-state index in [0.717, 1.165) is 17.1 Å². The smallest absolute Gasteiger partial charge is 0.159 e. The van der Waals surface area contributed by atoms with Gasteiger partial charge in [-0.25, -0.2) is 0 Å². The fourth-order valence-electron chi connectivity index (χ4n) is 3.12. The minimum atomic E-state index is -1.51. The van der Waals surface area contributed by atoms with Gasteiger partial charge in [0.2, 0.25) is 0 Å². The monoisotopic (exact) mass is 296 g/mol. The number of rotatable bonds is 2. The van der Waals surface area contributed by atoms with Crippen LogP contribution in [0.1, 0.15) is 33.9 Å². The molecule has 2 nitrogen and oxygen atoms in total. The number of para-hydroxylation sites is 1. The van der Waals surface area contributed by atoms with Crippen LogP contribution in [-0.2, 0) is 0 Å². The summed E-state index contributed by atoms with van der Waals surface area (Å²) in [5, 5.41) is 0. The predicted octanol–water partition coefficient (Wildman–Crippen LogP) is 5.00. The lowest BCUT2D eigenvalue weighted by Crippen LogP contribution is -2.34. The molecule has 0 saturated carbocycles. The minimum Gasteiger partial charge on any atom is -0.457 e. The fourth-order valence-corrected chi connectivity index (χ4v) is 5.45. The van der Waals surface area contributed by atoms with Crippen molar-refractivity contribution < 1.29 is 9.53 Å². The zero-order valence-electron chi connectivity index (χ0n) is 12.9. The first-order valence-corrected chi connectivity index (χ1v) is 10.9. The summed E-state index contributed by atoms with van der Waals surface area (Å²) in [6, 6.07) is 14.1. The van der Waals surface area contributed by atoms with Gasteiger partial charge < -0.3 is 4.74 Å². The predicted molar refractivity (Wildman–Crippen MR) is 88.2 cm³/mol. The number of carbonyl (C=O) groups is 1. The van der Waals surface area contributed by atoms with E-state index in [1.807, 2.05) is 30.3 Å². The van der Waals surface area contributed by atoms with Crippen LogP contribution in [0.25, 0.3) is 0 Å². The van der Waals surface area contributed by atoms with Crippen molar-refractivity contribution in [3.8, 4) is 11.5 Å². The molecule has 1 aliphatic rings. The van der Waals surface area contributed by atoms with Gasteiger partial charge in [0.15, 0.2) is 5.78 Å². The lowest BCUT2D eigenvalue weighted by Gasteiger charge is -2.36. The molecule has 108 valence electrons. The fraction of sp³-hybridized carbons (Fsp3) is 0.278. The first kappa shape index (κ1) is 14.1. The van der Waals surface area contributed by atoms with E-state index in [0.29, 0.717) is 5.54 Å². The number of ether oxygens (including phenoxy) is 1. The van der Waals surface area contributed by atoms with Gasteiger partial charge in [-0.05, 0) is 36.8 Å². The Hall–Kier alpha value is -1.87. The second kappa shape index (κ2) is 4.85. The molecular formula is C18H20O2Si. The Labute approximate surface area is 126 Å². The Kier molecular flexibility index (Phi) is 3.25. The van der Waals surface area contributed by atoms with E-state index in [2.05, 4.69) is 31.8 Å². The number of benzene rings is 2. The van der Waals surface area contributed by atoms with Crippen LogP contribution in [0.3, 0.4) is 0 Å². The van der Waals surface area contributed by atoms with E-state index in [1.165, 1.54) is 11.1 Å². The number of carbonyl (C=O) groups excluding carboxylic acids is 1. The molecule has 0 N–H and O–H groups in total. The van der Waals surface area contributed by atoms with Crippen LogP contribution in [0.15, 0.2) is 42.5 Å². The molecule has 1 unspecified atom stereocenters. The zero-order chi connectivity index (χ0) is 15.2. The highest BCUT2D eigenvalue weighted by molar-refractivity contribution is 6.78. The molecule has 0 saturated heterocycles. The van der Waals surface area contributed by atoms with Crippen molar-refractivity contribution in [2.45, 2.75) is 32.1 Å². The van der Waals surface area contributed by atoms with Gasteiger partial charge in [0.25, 0.3) is 0 Å². The third kappa shape index (κ3) is 2.42. The van der Waals surface area contributed by atoms with Crippen LogP contribution in [0.5, 0.6) is 11.5 Å². The van der Waals surface area contributed by atoms with Gasteiger partial charge in [0.05, 0.1) is 8.07 Å². The Morgan fingerprint density at radius 1 is 1.00 bits per heavy atom. The quantitative estimate of drug-likeness (QED) is 0.575. The first-order valence-electron chi connectivity index (χ1n) is 7.29. The highest BCUT2D eigenvalue weighted by Crippen LogP contribution is 2.48. The van der Waals surface area contributed by atoms with Gasteiger partial charge >= 0.3 is 0 Å². The summed E-state index contributed by atoms with van der Waals surface area (Å²) >= 11 is 0. The van der Waals surface area contributed by atoms with Crippen LogP contribution in [0.4, 0.5) is 0 Å². The average molecular weight is 296 g/mol. The molecular weight excluding hydrogens is 276 g/mol. The Morgan fingerprint density at radius 2 is 1.67 bits per heavy atom. The van der Waals surface area contributed by atoms with E-state index in [9.17, 15) is 4.79 Å². The molecule has 0 aromatic heterocycles. The van der Waals surface area contributed by atoms with Crippen LogP contribution >= 0.6 is 0 Å². The van der Waals surface area contributed by atoms with Gasteiger partial charge in [0.1, 0.15) is 11.5 Å². The number of fused-ring (bicyclic) bond motifs is 2. The molecule has 2 aromatic rings. The number of Topliss-reactive ketones (excluding diaryl/α,β-unsaturated/α-hetero) is 1. The third-order valence-electron chi connectivity index (χ3n) is 4.04. The third-order valence-corrected chi connectivity index (χ3v) is 6.40. The molecule has 0 radical (unpaired) electrons.